The quantitative estimate of drug-likeness (QED) is 0.0190. The van der Waals surface area contributed by atoms with Gasteiger partial charge in [-0.3, -0.25) is 9.36 Å². The Morgan fingerprint density at radius 3 is 1.93 bits per heavy atom. The van der Waals surface area contributed by atoms with Crippen LogP contribution in [0.15, 0.2) is 85.1 Å². The van der Waals surface area contributed by atoms with Gasteiger partial charge in [0.15, 0.2) is 0 Å². The number of carbonyl (C=O) groups excluding carboxylic acids is 1. The highest BCUT2D eigenvalue weighted by atomic mass is 31.2. The molecule has 316 valence electrons. The highest BCUT2D eigenvalue weighted by molar-refractivity contribution is 7.45. The van der Waals surface area contributed by atoms with Gasteiger partial charge in [-0.1, -0.05) is 163 Å². The molecular weight excluding hydrogens is 711 g/mol. The summed E-state index contributed by atoms with van der Waals surface area (Å²) in [6, 6.07) is -0.946. The molecule has 0 saturated carbocycles. The van der Waals surface area contributed by atoms with Gasteiger partial charge in [0, 0.05) is 6.42 Å². The molecule has 55 heavy (non-hydrogen) atoms. The van der Waals surface area contributed by atoms with Crippen molar-refractivity contribution in [1.29, 1.82) is 0 Å². The van der Waals surface area contributed by atoms with Gasteiger partial charge in [-0.2, -0.15) is 0 Å². The zero-order valence-electron chi connectivity index (χ0n) is 35.2. The Labute approximate surface area is 336 Å². The fourth-order valence-corrected chi connectivity index (χ4v) is 6.04. The summed E-state index contributed by atoms with van der Waals surface area (Å²) in [5, 5.41) is 23.7. The minimum Gasteiger partial charge on any atom is -0.756 e. The number of amides is 1. The second kappa shape index (κ2) is 36.0. The third kappa shape index (κ3) is 38.3. The smallest absolute Gasteiger partial charge is 0.268 e. The SMILES string of the molecule is CC/C=C\C/C=C\CC(O)/C=C/C=C\C/C=C\C/C=C\CCC(=O)N[C@@H](COP(=O)([O-])OCC[N+](C)(C)C)[C@H](O)/C=C/CCCCCCCCCCCCC. The molecule has 2 unspecified atom stereocenters. The van der Waals surface area contributed by atoms with E-state index in [4.69, 9.17) is 9.05 Å². The highest BCUT2D eigenvalue weighted by Crippen LogP contribution is 2.38. The molecule has 9 nitrogen and oxygen atoms in total. The van der Waals surface area contributed by atoms with E-state index >= 15 is 0 Å². The maximum Gasteiger partial charge on any atom is 0.268 e. The number of hydrogen-bond donors (Lipinski definition) is 3. The van der Waals surface area contributed by atoms with Crippen molar-refractivity contribution in [3.63, 3.8) is 0 Å². The molecule has 0 aliphatic rings. The van der Waals surface area contributed by atoms with Crippen molar-refractivity contribution in [1.82, 2.24) is 5.32 Å². The highest BCUT2D eigenvalue weighted by Gasteiger charge is 2.23. The number of nitrogens with zero attached hydrogens (tertiary/aromatic N) is 1. The van der Waals surface area contributed by atoms with E-state index in [0.29, 0.717) is 23.9 Å². The predicted octanol–water partition coefficient (Wildman–Crippen LogP) is 9.75. The minimum absolute atomic E-state index is 0.0283. The number of quaternary nitrogens is 1. The van der Waals surface area contributed by atoms with Gasteiger partial charge in [-0.15, -0.1) is 0 Å². The van der Waals surface area contributed by atoms with Crippen molar-refractivity contribution >= 4 is 13.7 Å². The second-order valence-corrected chi connectivity index (χ2v) is 16.6. The normalized spacial score (nSPS) is 15.9. The summed E-state index contributed by atoms with van der Waals surface area (Å²) in [6.45, 7) is 4.36. The van der Waals surface area contributed by atoms with Gasteiger partial charge >= 0.3 is 0 Å². The number of likely N-dealkylation sites (N-methyl/N-ethyl adjacent to an activating group) is 1. The Hall–Kier alpha value is -2.36. The summed E-state index contributed by atoms with van der Waals surface area (Å²) < 4.78 is 23.1. The number of allylic oxidation sites excluding steroid dienone is 11. The number of unbranched alkanes of at least 4 members (excludes halogenated alkanes) is 11. The lowest BCUT2D eigenvalue weighted by atomic mass is 10.0. The summed E-state index contributed by atoms with van der Waals surface area (Å²) in [5.74, 6) is -0.304. The van der Waals surface area contributed by atoms with E-state index < -0.39 is 32.7 Å². The Balaban J connectivity index is 4.68. The average Bonchev–Trinajstić information content (AvgIpc) is 3.13. The summed E-state index contributed by atoms with van der Waals surface area (Å²) in [6.07, 6.45) is 45.2. The Bertz CT molecular complexity index is 1190. The standard InChI is InChI=1S/C45H79N2O7P/c1-6-8-10-12-14-15-16-17-18-22-25-29-33-37-44(49)43(41-54-55(51,52)53-40-39-47(3,4)5)46-45(50)38-34-30-26-23-20-19-21-24-28-32-36-42(48)35-31-27-13-11-9-7-2/h9,11,19-20,24,26-28,30-33,36-37,42-44,48-49H,6-8,10,12-18,21-23,25,29,34-35,38-41H2,1-5H3,(H-,46,50,51,52)/b11-9-,20-19-,28-24-,30-26-,31-27-,36-32+,37-33+/t42?,43-,44+/m0/s1. The number of nitrogens with one attached hydrogen (secondary N) is 1. The zero-order chi connectivity index (χ0) is 40.9. The molecule has 0 aliphatic carbocycles. The number of carbonyl (C=O) groups is 1. The molecular formula is C45H79N2O7P. The lowest BCUT2D eigenvalue weighted by Gasteiger charge is -2.29. The van der Waals surface area contributed by atoms with Gasteiger partial charge in [-0.25, -0.2) is 0 Å². The number of phosphoric ester groups is 1. The Morgan fingerprint density at radius 1 is 0.709 bits per heavy atom. The number of aliphatic hydroxyl groups excluding tert-OH is 2. The van der Waals surface area contributed by atoms with Crippen molar-refractivity contribution in [2.24, 2.45) is 0 Å². The lowest BCUT2D eigenvalue weighted by Crippen LogP contribution is -2.45. The van der Waals surface area contributed by atoms with E-state index in [0.717, 1.165) is 44.9 Å². The Morgan fingerprint density at radius 2 is 1.29 bits per heavy atom. The van der Waals surface area contributed by atoms with Crippen molar-refractivity contribution in [2.45, 2.75) is 154 Å². The van der Waals surface area contributed by atoms with Gasteiger partial charge in [-0.05, 0) is 51.4 Å². The largest absolute Gasteiger partial charge is 0.756 e. The molecule has 0 bridgehead atoms. The van der Waals surface area contributed by atoms with Crippen molar-refractivity contribution < 1.29 is 38.0 Å². The van der Waals surface area contributed by atoms with Crippen LogP contribution in [0.3, 0.4) is 0 Å². The van der Waals surface area contributed by atoms with Crippen LogP contribution < -0.4 is 10.2 Å². The first-order valence-corrected chi connectivity index (χ1v) is 22.5. The van der Waals surface area contributed by atoms with Gasteiger partial charge < -0.3 is 34.0 Å². The van der Waals surface area contributed by atoms with E-state index in [1.807, 2.05) is 69.8 Å². The first kappa shape index (κ1) is 52.6. The molecule has 0 heterocycles. The summed E-state index contributed by atoms with van der Waals surface area (Å²) in [5.41, 5.74) is 0. The summed E-state index contributed by atoms with van der Waals surface area (Å²) in [7, 11) is 1.17. The van der Waals surface area contributed by atoms with E-state index in [-0.39, 0.29) is 18.9 Å². The van der Waals surface area contributed by atoms with Crippen LogP contribution in [0, 0.1) is 0 Å². The van der Waals surface area contributed by atoms with Crippen molar-refractivity contribution in [2.75, 3.05) is 40.9 Å². The number of aliphatic hydroxyl groups is 2. The predicted molar refractivity (Wildman–Crippen MR) is 229 cm³/mol. The summed E-state index contributed by atoms with van der Waals surface area (Å²) >= 11 is 0. The van der Waals surface area contributed by atoms with Crippen LogP contribution in [0.1, 0.15) is 136 Å². The molecule has 0 fully saturated rings. The van der Waals surface area contributed by atoms with Crippen LogP contribution in [0.5, 0.6) is 0 Å². The van der Waals surface area contributed by atoms with E-state index in [1.165, 1.54) is 57.8 Å². The molecule has 1 amide bonds. The minimum atomic E-state index is -4.62. The average molecular weight is 791 g/mol. The van der Waals surface area contributed by atoms with Gasteiger partial charge in [0.25, 0.3) is 7.82 Å². The zero-order valence-corrected chi connectivity index (χ0v) is 36.1. The number of rotatable bonds is 36. The first-order chi connectivity index (χ1) is 26.4. The van der Waals surface area contributed by atoms with Crippen LogP contribution in [-0.4, -0.2) is 79.8 Å². The van der Waals surface area contributed by atoms with Crippen molar-refractivity contribution in [3.8, 4) is 0 Å². The first-order valence-electron chi connectivity index (χ1n) is 21.1. The van der Waals surface area contributed by atoms with E-state index in [9.17, 15) is 24.5 Å². The lowest BCUT2D eigenvalue weighted by molar-refractivity contribution is -0.870. The van der Waals surface area contributed by atoms with Crippen LogP contribution in [-0.2, 0) is 18.4 Å². The van der Waals surface area contributed by atoms with Crippen LogP contribution in [0.25, 0.3) is 0 Å². The Kier molecular flexibility index (Phi) is 34.5. The molecule has 10 heteroatoms. The molecule has 0 aromatic carbocycles. The van der Waals surface area contributed by atoms with Crippen LogP contribution >= 0.6 is 7.82 Å². The number of hydrogen-bond acceptors (Lipinski definition) is 7. The third-order valence-corrected chi connectivity index (χ3v) is 9.67. The molecule has 0 aliphatic heterocycles. The van der Waals surface area contributed by atoms with Crippen LogP contribution in [0.2, 0.25) is 0 Å². The van der Waals surface area contributed by atoms with Gasteiger partial charge in [0.2, 0.25) is 5.91 Å². The fourth-order valence-electron chi connectivity index (χ4n) is 5.32. The van der Waals surface area contributed by atoms with Gasteiger partial charge in [0.05, 0.1) is 46.0 Å². The molecule has 0 radical (unpaired) electrons. The molecule has 0 spiro atoms. The summed E-state index contributed by atoms with van der Waals surface area (Å²) in [4.78, 5) is 25.2. The maximum atomic E-state index is 12.8. The van der Waals surface area contributed by atoms with Gasteiger partial charge in [0.1, 0.15) is 13.2 Å². The number of phosphoric acid groups is 1. The van der Waals surface area contributed by atoms with E-state index in [2.05, 4.69) is 43.5 Å². The molecule has 0 aromatic rings. The molecule has 0 aromatic heterocycles. The van der Waals surface area contributed by atoms with Crippen molar-refractivity contribution in [3.05, 3.63) is 85.1 Å². The van der Waals surface area contributed by atoms with Crippen LogP contribution in [0.4, 0.5) is 0 Å². The third-order valence-electron chi connectivity index (χ3n) is 8.70. The fraction of sp³-hybridized carbons (Fsp3) is 0.667. The topological polar surface area (TPSA) is 128 Å². The van der Waals surface area contributed by atoms with E-state index in [1.54, 1.807) is 12.2 Å². The monoisotopic (exact) mass is 791 g/mol. The molecule has 0 saturated heterocycles. The molecule has 0 rings (SSSR count). The molecule has 3 N–H and O–H groups in total. The second-order valence-electron chi connectivity index (χ2n) is 15.2. The molecule has 4 atom stereocenters. The maximum absolute atomic E-state index is 12.8.